The van der Waals surface area contributed by atoms with Gasteiger partial charge in [-0.3, -0.25) is 19.4 Å². The second-order valence-electron chi connectivity index (χ2n) is 7.12. The van der Waals surface area contributed by atoms with Crippen LogP contribution in [0, 0.1) is 6.92 Å². The van der Waals surface area contributed by atoms with Gasteiger partial charge in [0.1, 0.15) is 11.6 Å². The second-order valence-corrected chi connectivity index (χ2v) is 7.12. The van der Waals surface area contributed by atoms with Crippen molar-refractivity contribution in [3.8, 4) is 0 Å². The zero-order chi connectivity index (χ0) is 18.8. The van der Waals surface area contributed by atoms with Crippen LogP contribution >= 0.6 is 0 Å². The Bertz CT molecular complexity index is 701. The zero-order valence-corrected chi connectivity index (χ0v) is 16.3. The van der Waals surface area contributed by atoms with E-state index in [-0.39, 0.29) is 17.9 Å². The highest BCUT2D eigenvalue weighted by Crippen LogP contribution is 2.33. The Morgan fingerprint density at radius 1 is 1.23 bits per heavy atom. The molecule has 142 valence electrons. The highest BCUT2D eigenvalue weighted by atomic mass is 16.2. The number of likely N-dealkylation sites (N-methyl/N-ethyl adjacent to an activating group) is 1. The molecule has 0 radical (unpaired) electrons. The first-order chi connectivity index (χ1) is 12.5. The van der Waals surface area contributed by atoms with Crippen LogP contribution in [0.15, 0.2) is 0 Å². The number of fused-ring (bicyclic) bond motifs is 1. The number of anilines is 1. The fourth-order valence-electron chi connectivity index (χ4n) is 4.00. The van der Waals surface area contributed by atoms with Crippen molar-refractivity contribution < 1.29 is 9.59 Å². The van der Waals surface area contributed by atoms with Crippen molar-refractivity contribution >= 4 is 17.6 Å². The molecule has 1 atom stereocenters. The fraction of sp³-hybridized carbons (Fsp3) is 0.684. The van der Waals surface area contributed by atoms with Crippen LogP contribution < -0.4 is 4.90 Å². The highest BCUT2D eigenvalue weighted by molar-refractivity contribution is 5.94. The van der Waals surface area contributed by atoms with Gasteiger partial charge in [-0.2, -0.15) is 0 Å². The molecule has 7 nitrogen and oxygen atoms in total. The first kappa shape index (κ1) is 18.8. The van der Waals surface area contributed by atoms with Gasteiger partial charge in [-0.15, -0.1) is 0 Å². The van der Waals surface area contributed by atoms with E-state index >= 15 is 0 Å². The van der Waals surface area contributed by atoms with Gasteiger partial charge in [0.2, 0.25) is 11.8 Å². The van der Waals surface area contributed by atoms with Gasteiger partial charge in [-0.1, -0.05) is 0 Å². The van der Waals surface area contributed by atoms with Crippen molar-refractivity contribution in [2.45, 2.75) is 52.5 Å². The Morgan fingerprint density at radius 3 is 2.65 bits per heavy atom. The molecule has 2 amide bonds. The van der Waals surface area contributed by atoms with Crippen LogP contribution in [0.3, 0.4) is 0 Å². The summed E-state index contributed by atoms with van der Waals surface area (Å²) in [6, 6.07) is 0.0453. The summed E-state index contributed by atoms with van der Waals surface area (Å²) in [6.07, 6.45) is 3.20. The number of aromatic nitrogens is 2. The summed E-state index contributed by atoms with van der Waals surface area (Å²) in [4.78, 5) is 39.8. The lowest BCUT2D eigenvalue weighted by atomic mass is 10.0. The number of likely N-dealkylation sites (tertiary alicyclic amines) is 1. The van der Waals surface area contributed by atoms with Crippen LogP contribution in [0.5, 0.6) is 0 Å². The highest BCUT2D eigenvalue weighted by Gasteiger charge is 2.33. The van der Waals surface area contributed by atoms with Gasteiger partial charge >= 0.3 is 0 Å². The Hall–Kier alpha value is -2.02. The van der Waals surface area contributed by atoms with Crippen LogP contribution in [0.2, 0.25) is 0 Å². The predicted molar refractivity (Wildman–Crippen MR) is 100.0 cm³/mol. The molecule has 7 heteroatoms. The molecule has 2 aliphatic heterocycles. The molecule has 0 unspecified atom stereocenters. The van der Waals surface area contributed by atoms with Crippen LogP contribution in [-0.4, -0.2) is 64.8 Å². The van der Waals surface area contributed by atoms with E-state index in [0.29, 0.717) is 19.4 Å². The molecule has 0 N–H and O–H groups in total. The minimum atomic E-state index is 0.0453. The molecule has 0 spiro atoms. The van der Waals surface area contributed by atoms with Crippen molar-refractivity contribution in [3.05, 3.63) is 17.1 Å². The number of aryl methyl sites for hydroxylation is 1. The largest absolute Gasteiger partial charge is 0.342 e. The van der Waals surface area contributed by atoms with Crippen LogP contribution in [0.4, 0.5) is 5.82 Å². The van der Waals surface area contributed by atoms with Gasteiger partial charge in [0.05, 0.1) is 12.6 Å². The summed E-state index contributed by atoms with van der Waals surface area (Å²) in [5.41, 5.74) is 2.02. The lowest BCUT2D eigenvalue weighted by Crippen LogP contribution is -2.40. The van der Waals surface area contributed by atoms with E-state index in [1.165, 1.54) is 0 Å². The molecule has 0 aliphatic carbocycles. The Kier molecular flexibility index (Phi) is 5.55. The van der Waals surface area contributed by atoms with E-state index < -0.39 is 0 Å². The van der Waals surface area contributed by atoms with Gasteiger partial charge in [0, 0.05) is 37.8 Å². The first-order valence-electron chi connectivity index (χ1n) is 9.62. The maximum atomic E-state index is 12.5. The molecule has 0 bridgehead atoms. The third-order valence-electron chi connectivity index (χ3n) is 5.61. The minimum Gasteiger partial charge on any atom is -0.342 e. The van der Waals surface area contributed by atoms with E-state index in [2.05, 4.69) is 4.90 Å². The van der Waals surface area contributed by atoms with Crippen LogP contribution in [0.1, 0.15) is 56.2 Å². The Morgan fingerprint density at radius 2 is 1.96 bits per heavy atom. The molecule has 26 heavy (non-hydrogen) atoms. The van der Waals surface area contributed by atoms with Gasteiger partial charge < -0.3 is 4.90 Å². The van der Waals surface area contributed by atoms with Crippen molar-refractivity contribution in [1.82, 2.24) is 19.8 Å². The maximum absolute atomic E-state index is 12.5. The number of hydrogen-bond acceptors (Lipinski definition) is 5. The van der Waals surface area contributed by atoms with Crippen LogP contribution in [-0.2, 0) is 16.0 Å². The van der Waals surface area contributed by atoms with Crippen molar-refractivity contribution in [1.29, 1.82) is 0 Å². The van der Waals surface area contributed by atoms with E-state index in [1.54, 1.807) is 11.9 Å². The molecule has 2 aliphatic rings. The number of hydrogen-bond donors (Lipinski definition) is 0. The normalized spacial score (nSPS) is 20.4. The average Bonchev–Trinajstić information content (AvgIpc) is 3.07. The van der Waals surface area contributed by atoms with Crippen molar-refractivity contribution in [2.24, 2.45) is 0 Å². The van der Waals surface area contributed by atoms with Crippen LogP contribution in [0.25, 0.3) is 0 Å². The van der Waals surface area contributed by atoms with E-state index in [0.717, 1.165) is 55.4 Å². The molecular formula is C19H29N5O2. The lowest BCUT2D eigenvalue weighted by molar-refractivity contribution is -0.132. The number of carbonyl (C=O) groups is 2. The van der Waals surface area contributed by atoms with Gasteiger partial charge in [0.25, 0.3) is 0 Å². The quantitative estimate of drug-likeness (QED) is 0.800. The molecule has 0 aromatic carbocycles. The minimum absolute atomic E-state index is 0.0453. The molecule has 1 aromatic rings. The third kappa shape index (κ3) is 3.45. The van der Waals surface area contributed by atoms with E-state index in [9.17, 15) is 9.59 Å². The topological polar surface area (TPSA) is 69.6 Å². The molecule has 0 saturated carbocycles. The molecule has 1 fully saturated rings. The van der Waals surface area contributed by atoms with Crippen molar-refractivity contribution in [2.75, 3.05) is 38.1 Å². The van der Waals surface area contributed by atoms with E-state index in [1.807, 2.05) is 25.7 Å². The molecule has 3 heterocycles. The summed E-state index contributed by atoms with van der Waals surface area (Å²) < 4.78 is 0. The van der Waals surface area contributed by atoms with Crippen molar-refractivity contribution in [3.63, 3.8) is 0 Å². The SMILES string of the molecule is CCN(CC)C(=O)CN1CCC[C@H]1c1nc(C)c2c(n1)N(C)C(=O)CC2. The average molecular weight is 359 g/mol. The number of carbonyl (C=O) groups excluding carboxylic acids is 2. The molecule has 1 aromatic heterocycles. The number of nitrogens with zero attached hydrogens (tertiary/aromatic N) is 5. The summed E-state index contributed by atoms with van der Waals surface area (Å²) >= 11 is 0. The Balaban J connectivity index is 1.85. The van der Waals surface area contributed by atoms with Gasteiger partial charge in [0.15, 0.2) is 0 Å². The second kappa shape index (κ2) is 7.70. The van der Waals surface area contributed by atoms with Gasteiger partial charge in [-0.05, 0) is 46.6 Å². The standard InChI is InChI=1S/C19H29N5O2/c1-5-23(6-2)17(26)12-24-11-7-8-15(24)18-20-13(3)14-9-10-16(25)22(4)19(14)21-18/h15H,5-12H2,1-4H3/t15-/m0/s1. The molecule has 3 rings (SSSR count). The summed E-state index contributed by atoms with van der Waals surface area (Å²) in [5.74, 6) is 1.74. The zero-order valence-electron chi connectivity index (χ0n) is 16.3. The summed E-state index contributed by atoms with van der Waals surface area (Å²) in [7, 11) is 1.78. The first-order valence-corrected chi connectivity index (χ1v) is 9.62. The molecular weight excluding hydrogens is 330 g/mol. The summed E-state index contributed by atoms with van der Waals surface area (Å²) in [6.45, 7) is 8.75. The smallest absolute Gasteiger partial charge is 0.236 e. The number of amides is 2. The predicted octanol–water partition coefficient (Wildman–Crippen LogP) is 1.70. The van der Waals surface area contributed by atoms with Gasteiger partial charge in [-0.25, -0.2) is 9.97 Å². The fourth-order valence-corrected chi connectivity index (χ4v) is 4.00. The van der Waals surface area contributed by atoms with E-state index in [4.69, 9.17) is 9.97 Å². The third-order valence-corrected chi connectivity index (χ3v) is 5.61. The number of rotatable bonds is 5. The summed E-state index contributed by atoms with van der Waals surface area (Å²) in [5, 5.41) is 0. The molecule has 1 saturated heterocycles. The monoisotopic (exact) mass is 359 g/mol. The Labute approximate surface area is 155 Å². The maximum Gasteiger partial charge on any atom is 0.236 e. The lowest BCUT2D eigenvalue weighted by Gasteiger charge is -2.29.